The number of aromatic nitrogens is 3. The van der Waals surface area contributed by atoms with Crippen LogP contribution in [0.3, 0.4) is 0 Å². The highest BCUT2D eigenvalue weighted by molar-refractivity contribution is 5.90. The van der Waals surface area contributed by atoms with Crippen molar-refractivity contribution in [2.45, 2.75) is 51.1 Å². The fraction of sp³-hybridized carbons (Fsp3) is 0.750. The average molecular weight is 251 g/mol. The number of aromatic amines is 1. The molecular formula is C12H21N5O. The minimum Gasteiger partial charge on any atom is -0.336 e. The molecular weight excluding hydrogens is 230 g/mol. The van der Waals surface area contributed by atoms with Gasteiger partial charge >= 0.3 is 0 Å². The molecule has 1 aliphatic carbocycles. The molecule has 18 heavy (non-hydrogen) atoms. The van der Waals surface area contributed by atoms with Crippen LogP contribution in [0.4, 0.5) is 0 Å². The summed E-state index contributed by atoms with van der Waals surface area (Å²) in [7, 11) is 1.83. The molecule has 2 rings (SSSR count). The molecule has 1 fully saturated rings. The second-order valence-electron chi connectivity index (χ2n) is 4.94. The van der Waals surface area contributed by atoms with Crippen molar-refractivity contribution in [3.63, 3.8) is 0 Å². The Bertz CT molecular complexity index is 408. The van der Waals surface area contributed by atoms with Crippen LogP contribution >= 0.6 is 0 Å². The van der Waals surface area contributed by atoms with Crippen LogP contribution in [-0.2, 0) is 6.42 Å². The Kier molecular flexibility index (Phi) is 3.96. The van der Waals surface area contributed by atoms with Gasteiger partial charge in [0.1, 0.15) is 5.82 Å². The highest BCUT2D eigenvalue weighted by Gasteiger charge is 2.27. The van der Waals surface area contributed by atoms with E-state index in [1.54, 1.807) is 4.90 Å². The van der Waals surface area contributed by atoms with Gasteiger partial charge in [0.15, 0.2) is 0 Å². The zero-order valence-corrected chi connectivity index (χ0v) is 11.0. The number of H-pyrrole nitrogens is 1. The van der Waals surface area contributed by atoms with Crippen molar-refractivity contribution >= 4 is 5.91 Å². The van der Waals surface area contributed by atoms with E-state index in [0.717, 1.165) is 37.9 Å². The number of nitrogens with one attached hydrogen (secondary N) is 1. The summed E-state index contributed by atoms with van der Waals surface area (Å²) in [6, 6.07) is 0.556. The molecule has 0 spiro atoms. The van der Waals surface area contributed by atoms with Crippen LogP contribution in [0.25, 0.3) is 0 Å². The van der Waals surface area contributed by atoms with Gasteiger partial charge in [-0.25, -0.2) is 4.98 Å². The Morgan fingerprint density at radius 3 is 2.67 bits per heavy atom. The van der Waals surface area contributed by atoms with Crippen molar-refractivity contribution in [3.8, 4) is 0 Å². The maximum absolute atomic E-state index is 12.2. The van der Waals surface area contributed by atoms with Gasteiger partial charge in [0.25, 0.3) is 5.91 Å². The third kappa shape index (κ3) is 2.69. The molecule has 6 heteroatoms. The lowest BCUT2D eigenvalue weighted by Crippen LogP contribution is -2.42. The van der Waals surface area contributed by atoms with Crippen LogP contribution in [0.1, 0.15) is 49.1 Å². The van der Waals surface area contributed by atoms with Gasteiger partial charge in [-0.3, -0.25) is 9.89 Å². The third-order valence-corrected chi connectivity index (χ3v) is 3.67. The van der Waals surface area contributed by atoms with E-state index in [2.05, 4.69) is 15.2 Å². The van der Waals surface area contributed by atoms with E-state index >= 15 is 0 Å². The fourth-order valence-corrected chi connectivity index (χ4v) is 2.36. The highest BCUT2D eigenvalue weighted by Crippen LogP contribution is 2.21. The standard InChI is InChI=1S/C12H21N5O/c1-3-10-14-11(16-15-10)12(18)17(2)9-6-4-8(13)5-7-9/h8-9H,3-7,13H2,1-2H3,(H,14,15,16). The van der Waals surface area contributed by atoms with Gasteiger partial charge < -0.3 is 10.6 Å². The van der Waals surface area contributed by atoms with E-state index in [4.69, 9.17) is 5.73 Å². The smallest absolute Gasteiger partial charge is 0.293 e. The molecule has 0 bridgehead atoms. The summed E-state index contributed by atoms with van der Waals surface area (Å²) in [6.07, 6.45) is 4.65. The molecule has 0 saturated heterocycles. The van der Waals surface area contributed by atoms with E-state index in [0.29, 0.717) is 6.04 Å². The summed E-state index contributed by atoms with van der Waals surface area (Å²) in [5, 5.41) is 6.74. The molecule has 1 aromatic rings. The molecule has 100 valence electrons. The Labute approximate surface area is 107 Å². The topological polar surface area (TPSA) is 87.9 Å². The van der Waals surface area contributed by atoms with Crippen molar-refractivity contribution in [1.29, 1.82) is 0 Å². The number of nitrogens with zero attached hydrogens (tertiary/aromatic N) is 3. The van der Waals surface area contributed by atoms with Crippen LogP contribution in [-0.4, -0.2) is 45.1 Å². The molecule has 1 amide bonds. The first-order valence-corrected chi connectivity index (χ1v) is 6.55. The number of carbonyl (C=O) groups excluding carboxylic acids is 1. The molecule has 1 saturated carbocycles. The highest BCUT2D eigenvalue weighted by atomic mass is 16.2. The van der Waals surface area contributed by atoms with Gasteiger partial charge in [0.2, 0.25) is 5.82 Å². The number of hydrogen-bond acceptors (Lipinski definition) is 4. The van der Waals surface area contributed by atoms with Crippen molar-refractivity contribution in [3.05, 3.63) is 11.6 Å². The predicted molar refractivity (Wildman–Crippen MR) is 68.1 cm³/mol. The quantitative estimate of drug-likeness (QED) is 0.828. The summed E-state index contributed by atoms with van der Waals surface area (Å²) in [6.45, 7) is 1.97. The summed E-state index contributed by atoms with van der Waals surface area (Å²) < 4.78 is 0. The SMILES string of the molecule is CCc1nc(C(=O)N(C)C2CCC(N)CC2)n[nH]1. The Morgan fingerprint density at radius 1 is 1.44 bits per heavy atom. The molecule has 1 aromatic heterocycles. The van der Waals surface area contributed by atoms with E-state index < -0.39 is 0 Å². The Balaban J connectivity index is 1.99. The van der Waals surface area contributed by atoms with Crippen molar-refractivity contribution < 1.29 is 4.79 Å². The number of nitrogens with two attached hydrogens (primary N) is 1. The number of rotatable bonds is 3. The van der Waals surface area contributed by atoms with Crippen LogP contribution in [0.5, 0.6) is 0 Å². The average Bonchev–Trinajstić information content (AvgIpc) is 2.86. The van der Waals surface area contributed by atoms with Crippen molar-refractivity contribution in [2.24, 2.45) is 5.73 Å². The van der Waals surface area contributed by atoms with Gasteiger partial charge in [-0.15, -0.1) is 5.10 Å². The minimum atomic E-state index is -0.105. The zero-order chi connectivity index (χ0) is 13.1. The Morgan fingerprint density at radius 2 is 2.11 bits per heavy atom. The lowest BCUT2D eigenvalue weighted by atomic mass is 9.91. The largest absolute Gasteiger partial charge is 0.336 e. The van der Waals surface area contributed by atoms with Crippen molar-refractivity contribution in [1.82, 2.24) is 20.1 Å². The summed E-state index contributed by atoms with van der Waals surface area (Å²) >= 11 is 0. The number of carbonyl (C=O) groups is 1. The molecule has 0 atom stereocenters. The summed E-state index contributed by atoms with van der Waals surface area (Å²) in [5.41, 5.74) is 5.87. The van der Waals surface area contributed by atoms with Gasteiger partial charge in [-0.2, -0.15) is 0 Å². The lowest BCUT2D eigenvalue weighted by Gasteiger charge is -2.32. The molecule has 0 aromatic carbocycles. The molecule has 1 heterocycles. The number of hydrogen-bond donors (Lipinski definition) is 2. The molecule has 0 aliphatic heterocycles. The lowest BCUT2D eigenvalue weighted by molar-refractivity contribution is 0.0678. The van der Waals surface area contributed by atoms with Gasteiger partial charge in [0.05, 0.1) is 0 Å². The van der Waals surface area contributed by atoms with E-state index in [-0.39, 0.29) is 17.8 Å². The van der Waals surface area contributed by atoms with Crippen LogP contribution in [0.15, 0.2) is 0 Å². The predicted octanol–water partition coefficient (Wildman–Crippen LogP) is 0.709. The second-order valence-corrected chi connectivity index (χ2v) is 4.94. The molecule has 0 radical (unpaired) electrons. The zero-order valence-electron chi connectivity index (χ0n) is 11.0. The summed E-state index contributed by atoms with van der Waals surface area (Å²) in [5.74, 6) is 0.910. The minimum absolute atomic E-state index is 0.105. The van der Waals surface area contributed by atoms with Gasteiger partial charge in [0, 0.05) is 25.6 Å². The van der Waals surface area contributed by atoms with Crippen LogP contribution in [0.2, 0.25) is 0 Å². The van der Waals surface area contributed by atoms with Crippen molar-refractivity contribution in [2.75, 3.05) is 7.05 Å². The van der Waals surface area contributed by atoms with E-state index in [9.17, 15) is 4.79 Å². The molecule has 6 nitrogen and oxygen atoms in total. The van der Waals surface area contributed by atoms with Crippen LogP contribution < -0.4 is 5.73 Å². The third-order valence-electron chi connectivity index (χ3n) is 3.67. The molecule has 1 aliphatic rings. The normalized spacial score (nSPS) is 23.9. The Hall–Kier alpha value is -1.43. The molecule has 0 unspecified atom stereocenters. The molecule has 3 N–H and O–H groups in total. The van der Waals surface area contributed by atoms with Gasteiger partial charge in [-0.05, 0) is 25.7 Å². The van der Waals surface area contributed by atoms with Crippen LogP contribution in [0, 0.1) is 0 Å². The summed E-state index contributed by atoms with van der Waals surface area (Å²) in [4.78, 5) is 18.1. The maximum Gasteiger partial charge on any atom is 0.293 e. The first-order chi connectivity index (χ1) is 8.61. The van der Waals surface area contributed by atoms with Gasteiger partial charge in [-0.1, -0.05) is 6.92 Å². The number of amides is 1. The first kappa shape index (κ1) is 13.0. The monoisotopic (exact) mass is 251 g/mol. The fourth-order valence-electron chi connectivity index (χ4n) is 2.36. The van der Waals surface area contributed by atoms with E-state index in [1.165, 1.54) is 0 Å². The maximum atomic E-state index is 12.2. The van der Waals surface area contributed by atoms with E-state index in [1.807, 2.05) is 14.0 Å². The first-order valence-electron chi connectivity index (χ1n) is 6.55. The second kappa shape index (κ2) is 5.48. The number of aryl methyl sites for hydroxylation is 1.